The predicted molar refractivity (Wildman–Crippen MR) is 87.7 cm³/mol. The van der Waals surface area contributed by atoms with Crippen molar-refractivity contribution in [1.29, 1.82) is 5.26 Å². The van der Waals surface area contributed by atoms with Gasteiger partial charge in [0.05, 0.1) is 11.3 Å². The Bertz CT molecular complexity index is 817. The number of anilines is 1. The summed E-state index contributed by atoms with van der Waals surface area (Å²) in [4.78, 5) is 8.55. The lowest BCUT2D eigenvalue weighted by molar-refractivity contribution is 0.474. The number of aromatic hydroxyl groups is 1. The molecule has 1 aromatic carbocycles. The quantitative estimate of drug-likeness (QED) is 0.798. The molecule has 1 saturated carbocycles. The van der Waals surface area contributed by atoms with Crippen LogP contribution in [0.5, 0.6) is 5.75 Å². The van der Waals surface area contributed by atoms with Gasteiger partial charge in [-0.2, -0.15) is 5.26 Å². The topological polar surface area (TPSA) is 108 Å². The lowest BCUT2D eigenvalue weighted by atomic mass is 9.98. The lowest BCUT2D eigenvalue weighted by Crippen LogP contribution is -2.21. The second kappa shape index (κ2) is 6.42. The van der Waals surface area contributed by atoms with E-state index in [4.69, 9.17) is 5.73 Å². The Morgan fingerprint density at radius 2 is 2.17 bits per heavy atom. The van der Waals surface area contributed by atoms with Crippen LogP contribution in [0.15, 0.2) is 18.2 Å². The molecule has 6 nitrogen and oxygen atoms in total. The molecule has 2 unspecified atom stereocenters. The number of hydrogen-bond acceptors (Lipinski definition) is 6. The molecular weight excluding hydrogens is 309 g/mol. The van der Waals surface area contributed by atoms with E-state index in [-0.39, 0.29) is 34.4 Å². The van der Waals surface area contributed by atoms with Crippen LogP contribution in [-0.4, -0.2) is 28.2 Å². The number of nitrogen functional groups attached to an aromatic ring is 1. The fourth-order valence-corrected chi connectivity index (χ4v) is 3.21. The SMILES string of the molecule is CNC1CCC(c2nc(-c3cc(F)ccc3O)nc(N)c2C#N)C1. The minimum atomic E-state index is -0.507. The molecule has 1 aliphatic rings. The maximum absolute atomic E-state index is 13.5. The van der Waals surface area contributed by atoms with E-state index in [2.05, 4.69) is 21.4 Å². The van der Waals surface area contributed by atoms with Gasteiger partial charge in [-0.3, -0.25) is 0 Å². The summed E-state index contributed by atoms with van der Waals surface area (Å²) in [7, 11) is 1.91. The number of rotatable bonds is 3. The smallest absolute Gasteiger partial charge is 0.165 e. The van der Waals surface area contributed by atoms with Gasteiger partial charge in [0.25, 0.3) is 0 Å². The second-order valence-corrected chi connectivity index (χ2v) is 5.96. The van der Waals surface area contributed by atoms with Crippen molar-refractivity contribution in [1.82, 2.24) is 15.3 Å². The zero-order valence-corrected chi connectivity index (χ0v) is 13.3. The number of aromatic nitrogens is 2. The Morgan fingerprint density at radius 1 is 1.38 bits per heavy atom. The summed E-state index contributed by atoms with van der Waals surface area (Å²) in [6.07, 6.45) is 2.71. The van der Waals surface area contributed by atoms with Crippen molar-refractivity contribution in [2.75, 3.05) is 12.8 Å². The predicted octanol–water partition coefficient (Wildman–Crippen LogP) is 2.30. The van der Waals surface area contributed by atoms with Crippen molar-refractivity contribution in [3.63, 3.8) is 0 Å². The molecule has 1 aromatic heterocycles. The van der Waals surface area contributed by atoms with E-state index < -0.39 is 5.82 Å². The van der Waals surface area contributed by atoms with E-state index in [1.165, 1.54) is 6.07 Å². The van der Waals surface area contributed by atoms with Gasteiger partial charge in [0.2, 0.25) is 0 Å². The molecule has 2 atom stereocenters. The standard InChI is InChI=1S/C17H18FN5O/c1-21-11-4-2-9(6-11)15-13(8-19)16(20)23-17(22-15)12-7-10(18)3-5-14(12)24/h3,5,7,9,11,21,24H,2,4,6H2,1H3,(H2,20,22,23). The number of halogens is 1. The molecule has 0 bridgehead atoms. The molecule has 124 valence electrons. The third-order valence-corrected chi connectivity index (χ3v) is 4.50. The number of phenolic OH excluding ortho intramolecular Hbond substituents is 1. The third kappa shape index (κ3) is 2.88. The van der Waals surface area contributed by atoms with Crippen LogP contribution in [0.25, 0.3) is 11.4 Å². The van der Waals surface area contributed by atoms with Gasteiger partial charge in [0.15, 0.2) is 5.82 Å². The molecule has 7 heteroatoms. The van der Waals surface area contributed by atoms with Crippen LogP contribution in [0.1, 0.15) is 36.4 Å². The molecular formula is C17H18FN5O. The largest absolute Gasteiger partial charge is 0.507 e. The van der Waals surface area contributed by atoms with Crippen LogP contribution < -0.4 is 11.1 Å². The molecule has 1 heterocycles. The average Bonchev–Trinajstić information content (AvgIpc) is 3.05. The lowest BCUT2D eigenvalue weighted by Gasteiger charge is -2.15. The highest BCUT2D eigenvalue weighted by atomic mass is 19.1. The van der Waals surface area contributed by atoms with Crippen molar-refractivity contribution < 1.29 is 9.50 Å². The molecule has 0 spiro atoms. The maximum atomic E-state index is 13.5. The summed E-state index contributed by atoms with van der Waals surface area (Å²) in [5.74, 6) is -0.379. The molecule has 0 saturated heterocycles. The number of nitrogens with one attached hydrogen (secondary N) is 1. The highest BCUT2D eigenvalue weighted by molar-refractivity contribution is 5.67. The van der Waals surface area contributed by atoms with Gasteiger partial charge in [-0.1, -0.05) is 0 Å². The maximum Gasteiger partial charge on any atom is 0.165 e. The summed E-state index contributed by atoms with van der Waals surface area (Å²) < 4.78 is 13.5. The summed E-state index contributed by atoms with van der Waals surface area (Å²) >= 11 is 0. The van der Waals surface area contributed by atoms with Gasteiger partial charge >= 0.3 is 0 Å². The fourth-order valence-electron chi connectivity index (χ4n) is 3.21. The van der Waals surface area contributed by atoms with Crippen LogP contribution in [-0.2, 0) is 0 Å². The highest BCUT2D eigenvalue weighted by Gasteiger charge is 2.29. The Labute approximate surface area is 139 Å². The van der Waals surface area contributed by atoms with Gasteiger partial charge in [0.1, 0.15) is 29.0 Å². The molecule has 2 aromatic rings. The summed E-state index contributed by atoms with van der Waals surface area (Å²) in [5.41, 5.74) is 6.92. The van der Waals surface area contributed by atoms with E-state index in [1.54, 1.807) is 0 Å². The van der Waals surface area contributed by atoms with Gasteiger partial charge in [0, 0.05) is 12.0 Å². The second-order valence-electron chi connectivity index (χ2n) is 5.96. The monoisotopic (exact) mass is 327 g/mol. The zero-order valence-electron chi connectivity index (χ0n) is 13.3. The Balaban J connectivity index is 2.10. The van der Waals surface area contributed by atoms with E-state index >= 15 is 0 Å². The van der Waals surface area contributed by atoms with Crippen molar-refractivity contribution in [2.45, 2.75) is 31.2 Å². The van der Waals surface area contributed by atoms with Gasteiger partial charge in [-0.15, -0.1) is 0 Å². The normalized spacial score (nSPS) is 20.0. The molecule has 0 radical (unpaired) electrons. The minimum absolute atomic E-state index is 0.0501. The van der Waals surface area contributed by atoms with Crippen LogP contribution in [0.4, 0.5) is 10.2 Å². The Morgan fingerprint density at radius 3 is 2.83 bits per heavy atom. The molecule has 0 amide bonds. The van der Waals surface area contributed by atoms with Crippen LogP contribution in [0, 0.1) is 17.1 Å². The van der Waals surface area contributed by atoms with Crippen molar-refractivity contribution in [3.05, 3.63) is 35.3 Å². The minimum Gasteiger partial charge on any atom is -0.507 e. The Kier molecular flexibility index (Phi) is 4.32. The number of hydrogen-bond donors (Lipinski definition) is 3. The summed E-state index contributed by atoms with van der Waals surface area (Å²) in [5, 5.41) is 22.6. The highest BCUT2D eigenvalue weighted by Crippen LogP contribution is 2.37. The van der Waals surface area contributed by atoms with Crippen molar-refractivity contribution in [2.24, 2.45) is 0 Å². The number of nitriles is 1. The average molecular weight is 327 g/mol. The molecule has 4 N–H and O–H groups in total. The number of nitrogens with two attached hydrogens (primary N) is 1. The molecule has 0 aliphatic heterocycles. The molecule has 1 aliphatic carbocycles. The third-order valence-electron chi connectivity index (χ3n) is 4.50. The summed E-state index contributed by atoms with van der Waals surface area (Å²) in [6, 6.07) is 5.99. The van der Waals surface area contributed by atoms with Crippen molar-refractivity contribution in [3.8, 4) is 23.2 Å². The first-order valence-electron chi connectivity index (χ1n) is 7.77. The first-order chi connectivity index (χ1) is 11.5. The van der Waals surface area contributed by atoms with E-state index in [1.807, 2.05) is 7.05 Å². The number of benzene rings is 1. The van der Waals surface area contributed by atoms with E-state index in [0.717, 1.165) is 31.4 Å². The summed E-state index contributed by atoms with van der Waals surface area (Å²) in [6.45, 7) is 0. The van der Waals surface area contributed by atoms with E-state index in [0.29, 0.717) is 11.7 Å². The first kappa shape index (κ1) is 16.1. The van der Waals surface area contributed by atoms with Crippen LogP contribution in [0.3, 0.4) is 0 Å². The van der Waals surface area contributed by atoms with Gasteiger partial charge in [-0.25, -0.2) is 14.4 Å². The Hall–Kier alpha value is -2.72. The van der Waals surface area contributed by atoms with Crippen molar-refractivity contribution >= 4 is 5.82 Å². The molecule has 24 heavy (non-hydrogen) atoms. The van der Waals surface area contributed by atoms with Gasteiger partial charge < -0.3 is 16.2 Å². The molecule has 3 rings (SSSR count). The zero-order chi connectivity index (χ0) is 17.3. The fraction of sp³-hybridized carbons (Fsp3) is 0.353. The van der Waals surface area contributed by atoms with Crippen LogP contribution >= 0.6 is 0 Å². The molecule has 1 fully saturated rings. The first-order valence-corrected chi connectivity index (χ1v) is 7.77. The van der Waals surface area contributed by atoms with Crippen LogP contribution in [0.2, 0.25) is 0 Å². The number of nitrogens with zero attached hydrogens (tertiary/aromatic N) is 3. The van der Waals surface area contributed by atoms with E-state index in [9.17, 15) is 14.8 Å². The van der Waals surface area contributed by atoms with Gasteiger partial charge in [-0.05, 0) is 44.5 Å². The number of phenols is 1.